The van der Waals surface area contributed by atoms with Gasteiger partial charge in [-0.15, -0.1) is 0 Å². The van der Waals surface area contributed by atoms with Gasteiger partial charge < -0.3 is 10.0 Å². The number of rotatable bonds is 4. The molecule has 1 heterocycles. The summed E-state index contributed by atoms with van der Waals surface area (Å²) in [6, 6.07) is 14.0. The fraction of sp³-hybridized carbons (Fsp3) is 0.316. The van der Waals surface area contributed by atoms with Crippen LogP contribution in [0.15, 0.2) is 53.4 Å². The van der Waals surface area contributed by atoms with Gasteiger partial charge in [-0.3, -0.25) is 4.79 Å². The van der Waals surface area contributed by atoms with Gasteiger partial charge in [0.15, 0.2) is 9.84 Å². The van der Waals surface area contributed by atoms with Crippen LogP contribution in [-0.2, 0) is 27.5 Å². The van der Waals surface area contributed by atoms with E-state index in [1.165, 1.54) is 6.07 Å². The molecule has 2 aromatic rings. The second kappa shape index (κ2) is 6.98. The summed E-state index contributed by atoms with van der Waals surface area (Å²) in [6.07, 6.45) is 1.87. The van der Waals surface area contributed by atoms with Crippen LogP contribution in [-0.4, -0.2) is 43.7 Å². The van der Waals surface area contributed by atoms with Gasteiger partial charge in [-0.25, -0.2) is 8.42 Å². The maximum atomic E-state index is 12.8. The summed E-state index contributed by atoms with van der Waals surface area (Å²) in [4.78, 5) is 14.7. The van der Waals surface area contributed by atoms with Gasteiger partial charge in [0.05, 0.1) is 24.0 Å². The molecule has 3 rings (SSSR count). The molecule has 1 unspecified atom stereocenters. The molecule has 1 aliphatic rings. The Balaban J connectivity index is 1.88. The molecule has 25 heavy (non-hydrogen) atoms. The van der Waals surface area contributed by atoms with E-state index in [1.807, 2.05) is 24.3 Å². The minimum absolute atomic E-state index is 0.00190. The number of hydrogen-bond acceptors (Lipinski definition) is 4. The summed E-state index contributed by atoms with van der Waals surface area (Å²) in [7, 11) is -3.40. The number of carbonyl (C=O) groups excluding carboxylic acids is 1. The Morgan fingerprint density at radius 1 is 1.16 bits per heavy atom. The summed E-state index contributed by atoms with van der Waals surface area (Å²) in [5.41, 5.74) is 2.59. The van der Waals surface area contributed by atoms with Gasteiger partial charge in [0.2, 0.25) is 5.91 Å². The second-order valence-electron chi connectivity index (χ2n) is 6.29. The molecule has 1 aliphatic heterocycles. The molecule has 1 atom stereocenters. The molecule has 5 nitrogen and oxygen atoms in total. The number of aliphatic hydroxyl groups is 1. The highest BCUT2D eigenvalue weighted by Gasteiger charge is 2.30. The molecule has 0 saturated heterocycles. The van der Waals surface area contributed by atoms with Crippen molar-refractivity contribution >= 4 is 15.7 Å². The largest absolute Gasteiger partial charge is 0.394 e. The highest BCUT2D eigenvalue weighted by atomic mass is 32.2. The molecular formula is C19H21NO4S. The van der Waals surface area contributed by atoms with Gasteiger partial charge in [-0.2, -0.15) is 0 Å². The molecule has 6 heteroatoms. The first-order valence-corrected chi connectivity index (χ1v) is 10.1. The van der Waals surface area contributed by atoms with Gasteiger partial charge in [0.25, 0.3) is 0 Å². The third-order valence-corrected chi connectivity index (χ3v) is 5.82. The Bertz CT molecular complexity index is 892. The summed E-state index contributed by atoms with van der Waals surface area (Å²) < 4.78 is 23.9. The van der Waals surface area contributed by atoms with Gasteiger partial charge >= 0.3 is 0 Å². The van der Waals surface area contributed by atoms with Crippen LogP contribution in [0, 0.1) is 0 Å². The molecule has 0 radical (unpaired) electrons. The molecule has 0 saturated carbocycles. The minimum Gasteiger partial charge on any atom is -0.394 e. The first-order chi connectivity index (χ1) is 11.9. The Kier molecular flexibility index (Phi) is 4.92. The molecule has 2 aromatic carbocycles. The van der Waals surface area contributed by atoms with E-state index in [1.54, 1.807) is 23.1 Å². The van der Waals surface area contributed by atoms with E-state index in [4.69, 9.17) is 0 Å². The van der Waals surface area contributed by atoms with E-state index < -0.39 is 9.84 Å². The number of benzene rings is 2. The van der Waals surface area contributed by atoms with Crippen LogP contribution in [0.1, 0.15) is 22.7 Å². The van der Waals surface area contributed by atoms with E-state index in [0.29, 0.717) is 12.1 Å². The van der Waals surface area contributed by atoms with Crippen LogP contribution >= 0.6 is 0 Å². The number of fused-ring (bicyclic) bond motifs is 1. The highest BCUT2D eigenvalue weighted by molar-refractivity contribution is 7.90. The maximum Gasteiger partial charge on any atom is 0.227 e. The molecule has 0 bridgehead atoms. The van der Waals surface area contributed by atoms with Crippen LogP contribution in [0.2, 0.25) is 0 Å². The standard InChI is InChI=1S/C19H21NO4S/c1-25(23,24)18-9-5-3-7-15(18)12-19(22)20-11-10-14-6-2-4-8-16(14)17(20)13-21/h2-9,17,21H,10-13H2,1H3. The van der Waals surface area contributed by atoms with Crippen molar-refractivity contribution in [1.82, 2.24) is 4.90 Å². The zero-order valence-corrected chi connectivity index (χ0v) is 14.9. The number of nitrogens with zero attached hydrogens (tertiary/aromatic N) is 1. The topological polar surface area (TPSA) is 74.7 Å². The second-order valence-corrected chi connectivity index (χ2v) is 8.28. The van der Waals surface area contributed by atoms with Crippen LogP contribution in [0.4, 0.5) is 0 Å². The molecule has 0 fully saturated rings. The Hall–Kier alpha value is -2.18. The number of hydrogen-bond donors (Lipinski definition) is 1. The van der Waals surface area contributed by atoms with Crippen molar-refractivity contribution in [3.8, 4) is 0 Å². The molecule has 1 amide bonds. The number of amides is 1. The average molecular weight is 359 g/mol. The molecule has 132 valence electrons. The summed E-state index contributed by atoms with van der Waals surface area (Å²) >= 11 is 0. The van der Waals surface area contributed by atoms with E-state index in [-0.39, 0.29) is 29.9 Å². The Morgan fingerprint density at radius 2 is 1.84 bits per heavy atom. The Labute approximate surface area is 147 Å². The SMILES string of the molecule is CS(=O)(=O)c1ccccc1CC(=O)N1CCc2ccccc2C1CO. The van der Waals surface area contributed by atoms with Gasteiger partial charge in [-0.1, -0.05) is 42.5 Å². The monoisotopic (exact) mass is 359 g/mol. The van der Waals surface area contributed by atoms with Crippen molar-refractivity contribution in [2.24, 2.45) is 0 Å². The van der Waals surface area contributed by atoms with E-state index in [0.717, 1.165) is 23.8 Å². The lowest BCUT2D eigenvalue weighted by Crippen LogP contribution is -2.42. The van der Waals surface area contributed by atoms with Gasteiger partial charge in [-0.05, 0) is 29.2 Å². The van der Waals surface area contributed by atoms with Crippen molar-refractivity contribution in [1.29, 1.82) is 0 Å². The molecule has 0 spiro atoms. The maximum absolute atomic E-state index is 12.8. The van der Waals surface area contributed by atoms with Crippen LogP contribution in [0.25, 0.3) is 0 Å². The fourth-order valence-electron chi connectivity index (χ4n) is 3.42. The van der Waals surface area contributed by atoms with Crippen LogP contribution in [0.5, 0.6) is 0 Å². The molecular weight excluding hydrogens is 338 g/mol. The van der Waals surface area contributed by atoms with E-state index in [2.05, 4.69) is 0 Å². The third kappa shape index (κ3) is 3.60. The average Bonchev–Trinajstić information content (AvgIpc) is 2.60. The first-order valence-electron chi connectivity index (χ1n) is 8.18. The zero-order chi connectivity index (χ0) is 18.0. The van der Waals surface area contributed by atoms with Crippen molar-refractivity contribution < 1.29 is 18.3 Å². The van der Waals surface area contributed by atoms with Crippen LogP contribution in [0.3, 0.4) is 0 Å². The summed E-state index contributed by atoms with van der Waals surface area (Å²) in [6.45, 7) is 0.360. The predicted octanol–water partition coefficient (Wildman–Crippen LogP) is 1.75. The highest BCUT2D eigenvalue weighted by Crippen LogP contribution is 2.30. The van der Waals surface area contributed by atoms with Crippen molar-refractivity contribution in [3.05, 3.63) is 65.2 Å². The smallest absolute Gasteiger partial charge is 0.227 e. The minimum atomic E-state index is -3.40. The number of sulfone groups is 1. The predicted molar refractivity (Wildman–Crippen MR) is 94.9 cm³/mol. The summed E-state index contributed by atoms with van der Waals surface area (Å²) in [5, 5.41) is 9.82. The van der Waals surface area contributed by atoms with Crippen LogP contribution < -0.4 is 0 Å². The van der Waals surface area contributed by atoms with Crippen molar-refractivity contribution in [2.45, 2.75) is 23.8 Å². The van der Waals surface area contributed by atoms with E-state index in [9.17, 15) is 18.3 Å². The lowest BCUT2D eigenvalue weighted by molar-refractivity contribution is -0.134. The zero-order valence-electron chi connectivity index (χ0n) is 14.1. The molecule has 1 N–H and O–H groups in total. The summed E-state index contributed by atoms with van der Waals surface area (Å²) in [5.74, 6) is -0.176. The first kappa shape index (κ1) is 17.6. The lowest BCUT2D eigenvalue weighted by Gasteiger charge is -2.36. The molecule has 0 aromatic heterocycles. The van der Waals surface area contributed by atoms with Crippen molar-refractivity contribution in [2.75, 3.05) is 19.4 Å². The third-order valence-electron chi connectivity index (χ3n) is 4.62. The molecule has 0 aliphatic carbocycles. The normalized spacial score (nSPS) is 17.2. The number of aliphatic hydroxyl groups excluding tert-OH is 1. The Morgan fingerprint density at radius 3 is 2.56 bits per heavy atom. The van der Waals surface area contributed by atoms with Gasteiger partial charge in [0, 0.05) is 12.8 Å². The van der Waals surface area contributed by atoms with Crippen molar-refractivity contribution in [3.63, 3.8) is 0 Å². The quantitative estimate of drug-likeness (QED) is 0.902. The number of carbonyl (C=O) groups is 1. The fourth-order valence-corrected chi connectivity index (χ4v) is 4.37. The van der Waals surface area contributed by atoms with Gasteiger partial charge in [0.1, 0.15) is 0 Å². The van der Waals surface area contributed by atoms with E-state index >= 15 is 0 Å². The lowest BCUT2D eigenvalue weighted by atomic mass is 9.92.